The Bertz CT molecular complexity index is 555. The lowest BCUT2D eigenvalue weighted by Crippen LogP contribution is -3.05. The van der Waals surface area contributed by atoms with Crippen LogP contribution in [0, 0.1) is 0 Å². The predicted molar refractivity (Wildman–Crippen MR) is 83.2 cm³/mol. The summed E-state index contributed by atoms with van der Waals surface area (Å²) >= 11 is 0. The maximum Gasteiger partial charge on any atom is 0.163 e. The number of carboxylic acid groups (broad SMARTS) is 1. The van der Waals surface area contributed by atoms with Crippen LogP contribution in [0.2, 0.25) is 0 Å². The van der Waals surface area contributed by atoms with Crippen molar-refractivity contribution in [3.63, 3.8) is 0 Å². The standard InChI is InChI=1S/C17H24N2O3/c1-18(2)9-3-10-19-11-8-13-12-14(4-5-15(13)19)16(20)6-7-17(21)22/h4-5,12H,3,6-11H2,1-2H3,(H,21,22). The maximum atomic E-state index is 12.0. The zero-order valence-corrected chi connectivity index (χ0v) is 13.4. The highest BCUT2D eigenvalue weighted by Gasteiger charge is 2.20. The molecule has 0 atom stereocenters. The van der Waals surface area contributed by atoms with E-state index < -0.39 is 5.97 Å². The van der Waals surface area contributed by atoms with Crippen LogP contribution >= 0.6 is 0 Å². The van der Waals surface area contributed by atoms with Gasteiger partial charge in [0.1, 0.15) is 0 Å². The van der Waals surface area contributed by atoms with Gasteiger partial charge in [-0.2, -0.15) is 0 Å². The molecule has 120 valence electrons. The Labute approximate surface area is 131 Å². The fourth-order valence-electron chi connectivity index (χ4n) is 2.86. The highest BCUT2D eigenvalue weighted by molar-refractivity contribution is 5.98. The van der Waals surface area contributed by atoms with Gasteiger partial charge in [0.25, 0.3) is 0 Å². The number of benzene rings is 1. The summed E-state index contributed by atoms with van der Waals surface area (Å²) in [5.41, 5.74) is 3.02. The number of Topliss-reactive ketones (excluding diaryl/α,β-unsaturated/α-hetero) is 1. The fraction of sp³-hybridized carbons (Fsp3) is 0.529. The van der Waals surface area contributed by atoms with Gasteiger partial charge >= 0.3 is 0 Å². The quantitative estimate of drug-likeness (QED) is 0.645. The number of nitrogens with zero attached hydrogens (tertiary/aromatic N) is 1. The van der Waals surface area contributed by atoms with E-state index in [0.717, 1.165) is 32.5 Å². The second-order valence-electron chi connectivity index (χ2n) is 6.19. The molecule has 1 aliphatic heterocycles. The summed E-state index contributed by atoms with van der Waals surface area (Å²) in [7, 11) is 4.31. The summed E-state index contributed by atoms with van der Waals surface area (Å²) in [6, 6.07) is 5.73. The molecule has 0 spiro atoms. The van der Waals surface area contributed by atoms with E-state index >= 15 is 0 Å². The van der Waals surface area contributed by atoms with Crippen LogP contribution in [-0.4, -0.2) is 45.5 Å². The number of fused-ring (bicyclic) bond motifs is 1. The maximum absolute atomic E-state index is 12.0. The van der Waals surface area contributed by atoms with E-state index in [-0.39, 0.29) is 18.6 Å². The summed E-state index contributed by atoms with van der Waals surface area (Å²) in [4.78, 5) is 26.2. The van der Waals surface area contributed by atoms with Gasteiger partial charge in [-0.25, -0.2) is 0 Å². The Balaban J connectivity index is 1.98. The lowest BCUT2D eigenvalue weighted by Gasteiger charge is -2.20. The smallest absolute Gasteiger partial charge is 0.163 e. The molecule has 1 aromatic carbocycles. The molecular weight excluding hydrogens is 280 g/mol. The van der Waals surface area contributed by atoms with Gasteiger partial charge in [0.05, 0.1) is 20.6 Å². The van der Waals surface area contributed by atoms with Gasteiger partial charge in [0.15, 0.2) is 5.78 Å². The Morgan fingerprint density at radius 1 is 1.27 bits per heavy atom. The van der Waals surface area contributed by atoms with Crippen LogP contribution in [0.3, 0.4) is 0 Å². The third kappa shape index (κ3) is 4.31. The van der Waals surface area contributed by atoms with Crippen molar-refractivity contribution >= 4 is 17.4 Å². The Morgan fingerprint density at radius 3 is 2.73 bits per heavy atom. The van der Waals surface area contributed by atoms with Crippen molar-refractivity contribution in [3.8, 4) is 0 Å². The molecule has 0 saturated heterocycles. The van der Waals surface area contributed by atoms with E-state index in [1.807, 2.05) is 18.2 Å². The van der Waals surface area contributed by atoms with Crippen molar-refractivity contribution < 1.29 is 19.6 Å². The average Bonchev–Trinajstić information content (AvgIpc) is 2.87. The zero-order valence-electron chi connectivity index (χ0n) is 13.4. The number of ketones is 1. The normalized spacial score (nSPS) is 13.5. The number of carbonyl (C=O) groups is 2. The number of aliphatic carboxylic acids is 1. The molecule has 1 N–H and O–H groups in total. The monoisotopic (exact) mass is 304 g/mol. The van der Waals surface area contributed by atoms with Crippen LogP contribution in [0.15, 0.2) is 18.2 Å². The Morgan fingerprint density at radius 2 is 2.05 bits per heavy atom. The van der Waals surface area contributed by atoms with Gasteiger partial charge in [-0.05, 0) is 36.6 Å². The summed E-state index contributed by atoms with van der Waals surface area (Å²) < 4.78 is 0. The minimum atomic E-state index is -1.18. The Kier molecular flexibility index (Phi) is 5.55. The second kappa shape index (κ2) is 7.40. The molecule has 5 heteroatoms. The molecule has 0 amide bonds. The van der Waals surface area contributed by atoms with Crippen molar-refractivity contribution in [2.24, 2.45) is 0 Å². The molecule has 22 heavy (non-hydrogen) atoms. The Hall–Kier alpha value is -1.88. The topological polar surface area (TPSA) is 64.9 Å². The predicted octanol–water partition coefficient (Wildman–Crippen LogP) is -0.703. The molecule has 5 nitrogen and oxygen atoms in total. The molecule has 0 aromatic heterocycles. The first kappa shape index (κ1) is 16.5. The molecule has 1 aliphatic rings. The van der Waals surface area contributed by atoms with Gasteiger partial charge in [0, 0.05) is 43.2 Å². The van der Waals surface area contributed by atoms with Crippen molar-refractivity contribution in [1.29, 1.82) is 0 Å². The third-order valence-electron chi connectivity index (χ3n) is 4.05. The third-order valence-corrected chi connectivity index (χ3v) is 4.05. The molecule has 0 unspecified atom stereocenters. The van der Waals surface area contributed by atoms with E-state index in [4.69, 9.17) is 0 Å². The van der Waals surface area contributed by atoms with Crippen molar-refractivity contribution in [2.75, 3.05) is 38.6 Å². The minimum absolute atomic E-state index is 0.0104. The highest BCUT2D eigenvalue weighted by atomic mass is 16.4. The molecule has 1 heterocycles. The van der Waals surface area contributed by atoms with Crippen LogP contribution in [0.5, 0.6) is 0 Å². The van der Waals surface area contributed by atoms with Crippen molar-refractivity contribution in [3.05, 3.63) is 29.3 Å². The van der Waals surface area contributed by atoms with Crippen LogP contribution < -0.4 is 14.9 Å². The molecule has 0 aliphatic carbocycles. The lowest BCUT2D eigenvalue weighted by molar-refractivity contribution is -0.858. The molecule has 2 rings (SSSR count). The van der Waals surface area contributed by atoms with Crippen LogP contribution in [-0.2, 0) is 11.2 Å². The zero-order chi connectivity index (χ0) is 16.1. The van der Waals surface area contributed by atoms with Crippen LogP contribution in [0.25, 0.3) is 0 Å². The number of carboxylic acids is 1. The van der Waals surface area contributed by atoms with Crippen molar-refractivity contribution in [2.45, 2.75) is 25.7 Å². The lowest BCUT2D eigenvalue weighted by atomic mass is 10.0. The number of anilines is 1. The number of hydrogen-bond donors (Lipinski definition) is 1. The van der Waals surface area contributed by atoms with Gasteiger partial charge in [-0.1, -0.05) is 0 Å². The number of nitrogens with one attached hydrogen (secondary N) is 1. The van der Waals surface area contributed by atoms with Crippen LogP contribution in [0.4, 0.5) is 5.69 Å². The first-order chi connectivity index (χ1) is 10.5. The number of quaternary nitrogens is 1. The van der Waals surface area contributed by atoms with Crippen LogP contribution in [0.1, 0.15) is 35.2 Å². The molecule has 0 saturated carbocycles. The molecule has 0 fully saturated rings. The number of carbonyl (C=O) groups excluding carboxylic acids is 2. The average molecular weight is 304 g/mol. The van der Waals surface area contributed by atoms with Crippen molar-refractivity contribution in [1.82, 2.24) is 0 Å². The van der Waals surface area contributed by atoms with Gasteiger partial charge in [0.2, 0.25) is 0 Å². The summed E-state index contributed by atoms with van der Waals surface area (Å²) in [6.45, 7) is 3.18. The van der Waals surface area contributed by atoms with Gasteiger partial charge in [-0.3, -0.25) is 4.79 Å². The van der Waals surface area contributed by atoms with Gasteiger partial charge in [-0.15, -0.1) is 0 Å². The molecular formula is C17H24N2O3. The van der Waals surface area contributed by atoms with Gasteiger partial charge < -0.3 is 19.7 Å². The summed E-state index contributed by atoms with van der Waals surface area (Å²) in [5.74, 6) is -1.30. The first-order valence-electron chi connectivity index (χ1n) is 7.87. The summed E-state index contributed by atoms with van der Waals surface area (Å²) in [6.07, 6.45) is 1.89. The minimum Gasteiger partial charge on any atom is -0.550 e. The highest BCUT2D eigenvalue weighted by Crippen LogP contribution is 2.29. The SMILES string of the molecule is C[NH+](C)CCCN1CCc2cc(C(=O)CCC(=O)[O-])ccc21. The molecule has 0 radical (unpaired) electrons. The number of rotatable bonds is 8. The first-order valence-corrected chi connectivity index (χ1v) is 7.87. The largest absolute Gasteiger partial charge is 0.550 e. The van der Waals surface area contributed by atoms with E-state index in [0.29, 0.717) is 5.56 Å². The number of hydrogen-bond acceptors (Lipinski definition) is 4. The summed E-state index contributed by atoms with van der Waals surface area (Å²) in [5, 5.41) is 10.4. The van der Waals surface area contributed by atoms with E-state index in [1.54, 1.807) is 0 Å². The molecule has 0 bridgehead atoms. The van der Waals surface area contributed by atoms with E-state index in [2.05, 4.69) is 19.0 Å². The fourth-order valence-corrected chi connectivity index (χ4v) is 2.86. The second-order valence-corrected chi connectivity index (χ2v) is 6.19. The van der Waals surface area contributed by atoms with E-state index in [9.17, 15) is 14.7 Å². The van der Waals surface area contributed by atoms with E-state index in [1.165, 1.54) is 16.2 Å². The molecule has 1 aromatic rings.